The Bertz CT molecular complexity index is 976. The van der Waals surface area contributed by atoms with E-state index in [0.29, 0.717) is 19.4 Å². The molecule has 2 rings (SSSR count). The van der Waals surface area contributed by atoms with Gasteiger partial charge in [0.2, 0.25) is 11.8 Å². The predicted molar refractivity (Wildman–Crippen MR) is 124 cm³/mol. The molecule has 12 N–H and O–H groups in total. The van der Waals surface area contributed by atoms with Crippen LogP contribution in [0.2, 0.25) is 0 Å². The zero-order chi connectivity index (χ0) is 24.4. The SMILES string of the molecule is N=C(N)NCCC[C@H](N)C(=O)N[C@@H](Cc1c[nH]c2ccccc12)C(=O)N[C@@H](CCN)C(=O)O. The third-order valence-corrected chi connectivity index (χ3v) is 5.15. The minimum atomic E-state index is -1.21. The molecule has 1 heterocycles. The number of hydrogen-bond acceptors (Lipinski definition) is 6. The number of H-pyrrole nitrogens is 1. The van der Waals surface area contributed by atoms with Crippen LogP contribution in [0.4, 0.5) is 0 Å². The van der Waals surface area contributed by atoms with Crippen molar-refractivity contribution in [2.45, 2.75) is 43.8 Å². The second-order valence-electron chi connectivity index (χ2n) is 7.69. The molecule has 0 saturated heterocycles. The van der Waals surface area contributed by atoms with E-state index in [1.807, 2.05) is 24.3 Å². The molecular formula is C21H32N8O4. The minimum Gasteiger partial charge on any atom is -0.480 e. The standard InChI is InChI=1S/C21H32N8O4/c22-8-7-16(20(32)33)28-19(31)17(10-12-11-27-15-6-2-1-4-13(12)15)29-18(30)14(23)5-3-9-26-21(24)25/h1-2,4,6,11,14,16-17,27H,3,5,7-10,22-23H2,(H,28,31)(H,29,30)(H,32,33)(H4,24,25,26)/t14-,16-,17-/m0/s1. The van der Waals surface area contributed by atoms with Gasteiger partial charge in [0.1, 0.15) is 12.1 Å². The lowest BCUT2D eigenvalue weighted by atomic mass is 10.0. The fraction of sp³-hybridized carbons (Fsp3) is 0.429. The van der Waals surface area contributed by atoms with Crippen LogP contribution < -0.4 is 33.2 Å². The highest BCUT2D eigenvalue weighted by molar-refractivity contribution is 5.93. The van der Waals surface area contributed by atoms with Gasteiger partial charge in [0.05, 0.1) is 6.04 Å². The highest BCUT2D eigenvalue weighted by Crippen LogP contribution is 2.19. The molecule has 12 heteroatoms. The molecule has 180 valence electrons. The summed E-state index contributed by atoms with van der Waals surface area (Å²) in [5.41, 5.74) is 18.3. The molecule has 12 nitrogen and oxygen atoms in total. The number of nitrogens with two attached hydrogens (primary N) is 3. The molecule has 0 aliphatic heterocycles. The molecule has 2 aromatic rings. The summed E-state index contributed by atoms with van der Waals surface area (Å²) < 4.78 is 0. The molecule has 1 aromatic heterocycles. The van der Waals surface area contributed by atoms with Crippen molar-refractivity contribution < 1.29 is 19.5 Å². The van der Waals surface area contributed by atoms with E-state index < -0.39 is 35.9 Å². The number of carboxylic acid groups (broad SMARTS) is 1. The lowest BCUT2D eigenvalue weighted by Crippen LogP contribution is -2.55. The topological polar surface area (TPSA) is 225 Å². The molecule has 0 spiro atoms. The van der Waals surface area contributed by atoms with E-state index in [4.69, 9.17) is 22.6 Å². The van der Waals surface area contributed by atoms with Crippen LogP contribution in [0.5, 0.6) is 0 Å². The zero-order valence-corrected chi connectivity index (χ0v) is 18.3. The van der Waals surface area contributed by atoms with Gasteiger partial charge in [0.25, 0.3) is 0 Å². The zero-order valence-electron chi connectivity index (χ0n) is 18.3. The Morgan fingerprint density at radius 2 is 1.79 bits per heavy atom. The number of carbonyl (C=O) groups excluding carboxylic acids is 2. The third-order valence-electron chi connectivity index (χ3n) is 5.15. The summed E-state index contributed by atoms with van der Waals surface area (Å²) in [4.78, 5) is 40.2. The molecule has 0 unspecified atom stereocenters. The molecule has 1 aromatic carbocycles. The number of rotatable bonds is 13. The molecule has 33 heavy (non-hydrogen) atoms. The van der Waals surface area contributed by atoms with Crippen LogP contribution in [-0.2, 0) is 20.8 Å². The van der Waals surface area contributed by atoms with Gasteiger partial charge in [-0.15, -0.1) is 0 Å². The van der Waals surface area contributed by atoms with Gasteiger partial charge < -0.3 is 43.2 Å². The van der Waals surface area contributed by atoms with Gasteiger partial charge in [-0.3, -0.25) is 15.0 Å². The Hall–Kier alpha value is -3.64. The Balaban J connectivity index is 2.13. The van der Waals surface area contributed by atoms with E-state index in [9.17, 15) is 19.5 Å². The number of guanidine groups is 1. The van der Waals surface area contributed by atoms with Crippen LogP contribution >= 0.6 is 0 Å². The quantitative estimate of drug-likeness (QED) is 0.0989. The van der Waals surface area contributed by atoms with Crippen LogP contribution in [-0.4, -0.2) is 65.0 Å². The predicted octanol–water partition coefficient (Wildman–Crippen LogP) is -1.30. The van der Waals surface area contributed by atoms with Crippen molar-refractivity contribution in [2.24, 2.45) is 17.2 Å². The second-order valence-corrected chi connectivity index (χ2v) is 7.69. The van der Waals surface area contributed by atoms with Gasteiger partial charge in [0, 0.05) is 30.1 Å². The first-order valence-corrected chi connectivity index (χ1v) is 10.6. The van der Waals surface area contributed by atoms with E-state index in [-0.39, 0.29) is 25.3 Å². The van der Waals surface area contributed by atoms with Gasteiger partial charge in [-0.05, 0) is 37.4 Å². The fourth-order valence-corrected chi connectivity index (χ4v) is 3.38. The van der Waals surface area contributed by atoms with Crippen molar-refractivity contribution >= 4 is 34.6 Å². The van der Waals surface area contributed by atoms with E-state index in [0.717, 1.165) is 16.5 Å². The van der Waals surface area contributed by atoms with E-state index in [1.54, 1.807) is 6.20 Å². The first kappa shape index (κ1) is 25.6. The van der Waals surface area contributed by atoms with Crippen LogP contribution in [0.3, 0.4) is 0 Å². The first-order chi connectivity index (χ1) is 15.7. The maximum Gasteiger partial charge on any atom is 0.326 e. The maximum atomic E-state index is 13.0. The summed E-state index contributed by atoms with van der Waals surface area (Å²) in [5, 5.41) is 25.1. The second kappa shape index (κ2) is 12.4. The van der Waals surface area contributed by atoms with E-state index in [1.165, 1.54) is 0 Å². The molecule has 0 saturated carbocycles. The van der Waals surface area contributed by atoms with Crippen LogP contribution in [0.15, 0.2) is 30.5 Å². The van der Waals surface area contributed by atoms with Crippen molar-refractivity contribution in [3.8, 4) is 0 Å². The number of fused-ring (bicyclic) bond motifs is 1. The largest absolute Gasteiger partial charge is 0.480 e. The average Bonchev–Trinajstić information content (AvgIpc) is 3.18. The number of aromatic amines is 1. The van der Waals surface area contributed by atoms with Gasteiger partial charge >= 0.3 is 5.97 Å². The van der Waals surface area contributed by atoms with Crippen LogP contribution in [0.1, 0.15) is 24.8 Å². The number of hydrogen-bond donors (Lipinski definition) is 9. The maximum absolute atomic E-state index is 13.0. The van der Waals surface area contributed by atoms with Crippen molar-refractivity contribution in [1.82, 2.24) is 20.9 Å². The number of aromatic nitrogens is 1. The molecule has 0 radical (unpaired) electrons. The number of carboxylic acids is 1. The summed E-state index contributed by atoms with van der Waals surface area (Å²) >= 11 is 0. The Labute approximate surface area is 191 Å². The molecular weight excluding hydrogens is 428 g/mol. The average molecular weight is 461 g/mol. The van der Waals surface area contributed by atoms with Gasteiger partial charge in [-0.25, -0.2) is 4.79 Å². The van der Waals surface area contributed by atoms with Crippen LogP contribution in [0.25, 0.3) is 10.9 Å². The highest BCUT2D eigenvalue weighted by Gasteiger charge is 2.28. The molecule has 0 aliphatic carbocycles. The van der Waals surface area contributed by atoms with E-state index in [2.05, 4.69) is 20.9 Å². The number of benzene rings is 1. The number of para-hydroxylation sites is 1. The summed E-state index contributed by atoms with van der Waals surface area (Å²) in [6.45, 7) is 0.463. The van der Waals surface area contributed by atoms with Crippen LogP contribution in [0, 0.1) is 5.41 Å². The molecule has 0 aliphatic rings. The number of nitrogens with one attached hydrogen (secondary N) is 5. The summed E-state index contributed by atoms with van der Waals surface area (Å²) in [7, 11) is 0. The number of aliphatic carboxylic acids is 1. The molecule has 0 fully saturated rings. The molecule has 2 amide bonds. The Morgan fingerprint density at radius 3 is 2.45 bits per heavy atom. The van der Waals surface area contributed by atoms with Gasteiger partial charge in [0.15, 0.2) is 5.96 Å². The lowest BCUT2D eigenvalue weighted by Gasteiger charge is -2.23. The van der Waals surface area contributed by atoms with Crippen molar-refractivity contribution in [3.63, 3.8) is 0 Å². The number of amides is 2. The van der Waals surface area contributed by atoms with E-state index >= 15 is 0 Å². The molecule has 0 bridgehead atoms. The normalized spacial score (nSPS) is 13.6. The summed E-state index contributed by atoms with van der Waals surface area (Å²) in [6.07, 6.45) is 2.73. The fourth-order valence-electron chi connectivity index (χ4n) is 3.38. The van der Waals surface area contributed by atoms with Crippen molar-refractivity contribution in [3.05, 3.63) is 36.0 Å². The smallest absolute Gasteiger partial charge is 0.326 e. The third kappa shape index (κ3) is 7.77. The summed E-state index contributed by atoms with van der Waals surface area (Å²) in [6, 6.07) is 4.41. The number of carbonyl (C=O) groups is 3. The highest BCUT2D eigenvalue weighted by atomic mass is 16.4. The summed E-state index contributed by atoms with van der Waals surface area (Å²) in [5.74, 6) is -2.56. The monoisotopic (exact) mass is 460 g/mol. The first-order valence-electron chi connectivity index (χ1n) is 10.6. The van der Waals surface area contributed by atoms with Gasteiger partial charge in [-0.1, -0.05) is 18.2 Å². The molecule has 3 atom stereocenters. The Morgan fingerprint density at radius 1 is 1.09 bits per heavy atom. The van der Waals surface area contributed by atoms with Crippen molar-refractivity contribution in [2.75, 3.05) is 13.1 Å². The lowest BCUT2D eigenvalue weighted by molar-refractivity contribution is -0.142. The van der Waals surface area contributed by atoms with Gasteiger partial charge in [-0.2, -0.15) is 0 Å². The minimum absolute atomic E-state index is 0.0531. The van der Waals surface area contributed by atoms with Crippen molar-refractivity contribution in [1.29, 1.82) is 5.41 Å². The Kier molecular flexibility index (Phi) is 9.63.